The van der Waals surface area contributed by atoms with Crippen molar-refractivity contribution in [2.45, 2.75) is 27.7 Å². The van der Waals surface area contributed by atoms with E-state index in [1.54, 1.807) is 0 Å². The van der Waals surface area contributed by atoms with Crippen molar-refractivity contribution in [3.63, 3.8) is 0 Å². The molecule has 0 saturated heterocycles. The molecule has 102 valence electrons. The molecule has 1 aromatic rings. The Labute approximate surface area is 109 Å². The number of hydrogen-bond acceptors (Lipinski definition) is 4. The van der Waals surface area contributed by atoms with Gasteiger partial charge in [-0.3, -0.25) is 0 Å². The van der Waals surface area contributed by atoms with Crippen LogP contribution in [0.2, 0.25) is 0 Å². The van der Waals surface area contributed by atoms with Crippen LogP contribution in [0.25, 0.3) is 0 Å². The standard InChI is InChI=1S/C14H22O4/c1-5-15-11-9-12(16-6-2)14(18-8-4)13(10-11)17-7-3/h9-10H,5-8H2,1-4H3. The van der Waals surface area contributed by atoms with Crippen LogP contribution >= 0.6 is 0 Å². The third-order valence-electron chi connectivity index (χ3n) is 2.19. The van der Waals surface area contributed by atoms with Gasteiger partial charge in [-0.2, -0.15) is 0 Å². The van der Waals surface area contributed by atoms with E-state index in [4.69, 9.17) is 18.9 Å². The molecule has 1 rings (SSSR count). The highest BCUT2D eigenvalue weighted by atomic mass is 16.5. The molecule has 18 heavy (non-hydrogen) atoms. The topological polar surface area (TPSA) is 36.9 Å². The van der Waals surface area contributed by atoms with Crippen molar-refractivity contribution in [3.05, 3.63) is 12.1 Å². The molecule has 0 N–H and O–H groups in total. The van der Waals surface area contributed by atoms with Crippen LogP contribution in [0.15, 0.2) is 12.1 Å². The van der Waals surface area contributed by atoms with Gasteiger partial charge in [0.2, 0.25) is 5.75 Å². The van der Waals surface area contributed by atoms with Crippen LogP contribution in [0.5, 0.6) is 23.0 Å². The fourth-order valence-electron chi connectivity index (χ4n) is 1.61. The first-order chi connectivity index (χ1) is 8.76. The van der Waals surface area contributed by atoms with Crippen molar-refractivity contribution in [2.75, 3.05) is 26.4 Å². The van der Waals surface area contributed by atoms with E-state index >= 15 is 0 Å². The molecule has 0 spiro atoms. The van der Waals surface area contributed by atoms with Gasteiger partial charge in [-0.1, -0.05) is 0 Å². The molecule has 0 bridgehead atoms. The Morgan fingerprint density at radius 2 is 1.11 bits per heavy atom. The minimum Gasteiger partial charge on any atom is -0.494 e. The number of ether oxygens (including phenoxy) is 4. The SMILES string of the molecule is CCOc1cc(OCC)c(OCC)c(OCC)c1. The van der Waals surface area contributed by atoms with Gasteiger partial charge in [0, 0.05) is 12.1 Å². The van der Waals surface area contributed by atoms with Gasteiger partial charge in [-0.05, 0) is 27.7 Å². The van der Waals surface area contributed by atoms with E-state index in [0.717, 1.165) is 5.75 Å². The van der Waals surface area contributed by atoms with Gasteiger partial charge < -0.3 is 18.9 Å². The van der Waals surface area contributed by atoms with Gasteiger partial charge in [-0.25, -0.2) is 0 Å². The highest BCUT2D eigenvalue weighted by molar-refractivity contribution is 5.56. The van der Waals surface area contributed by atoms with E-state index in [2.05, 4.69) is 0 Å². The summed E-state index contributed by atoms with van der Waals surface area (Å²) in [5, 5.41) is 0. The molecular formula is C14H22O4. The summed E-state index contributed by atoms with van der Waals surface area (Å²) in [6.45, 7) is 10.0. The highest BCUT2D eigenvalue weighted by Crippen LogP contribution is 2.41. The molecule has 0 amide bonds. The number of rotatable bonds is 8. The lowest BCUT2D eigenvalue weighted by Crippen LogP contribution is -2.03. The maximum atomic E-state index is 5.60. The molecule has 0 aromatic heterocycles. The molecule has 4 nitrogen and oxygen atoms in total. The van der Waals surface area contributed by atoms with E-state index in [1.165, 1.54) is 0 Å². The molecule has 0 unspecified atom stereocenters. The van der Waals surface area contributed by atoms with Crippen molar-refractivity contribution in [2.24, 2.45) is 0 Å². The third kappa shape index (κ3) is 3.72. The minimum atomic E-state index is 0.564. The fraction of sp³-hybridized carbons (Fsp3) is 0.571. The number of hydrogen-bond donors (Lipinski definition) is 0. The lowest BCUT2D eigenvalue weighted by Gasteiger charge is -2.17. The first kappa shape index (κ1) is 14.5. The third-order valence-corrected chi connectivity index (χ3v) is 2.19. The highest BCUT2D eigenvalue weighted by Gasteiger charge is 2.15. The van der Waals surface area contributed by atoms with Gasteiger partial charge in [0.1, 0.15) is 5.75 Å². The Morgan fingerprint density at radius 3 is 1.50 bits per heavy atom. The van der Waals surface area contributed by atoms with Crippen LogP contribution in [-0.4, -0.2) is 26.4 Å². The molecule has 0 saturated carbocycles. The summed E-state index contributed by atoms with van der Waals surface area (Å²) in [6, 6.07) is 3.67. The van der Waals surface area contributed by atoms with Crippen molar-refractivity contribution in [1.82, 2.24) is 0 Å². The predicted octanol–water partition coefficient (Wildman–Crippen LogP) is 3.28. The van der Waals surface area contributed by atoms with Crippen LogP contribution < -0.4 is 18.9 Å². The molecule has 4 heteroatoms. The first-order valence-corrected chi connectivity index (χ1v) is 6.45. The monoisotopic (exact) mass is 254 g/mol. The molecule has 0 atom stereocenters. The Morgan fingerprint density at radius 1 is 0.667 bits per heavy atom. The maximum Gasteiger partial charge on any atom is 0.203 e. The zero-order valence-electron chi connectivity index (χ0n) is 11.6. The van der Waals surface area contributed by atoms with Crippen LogP contribution in [0.3, 0.4) is 0 Å². The van der Waals surface area contributed by atoms with Crippen LogP contribution in [0, 0.1) is 0 Å². The summed E-state index contributed by atoms with van der Waals surface area (Å²) in [5.74, 6) is 2.69. The van der Waals surface area contributed by atoms with E-state index in [-0.39, 0.29) is 0 Å². The number of benzene rings is 1. The average Bonchev–Trinajstić information content (AvgIpc) is 2.34. The van der Waals surface area contributed by atoms with Gasteiger partial charge >= 0.3 is 0 Å². The summed E-state index contributed by atoms with van der Waals surface area (Å²) in [7, 11) is 0. The second-order valence-electron chi connectivity index (χ2n) is 3.48. The van der Waals surface area contributed by atoms with Crippen LogP contribution in [0.4, 0.5) is 0 Å². The Hall–Kier alpha value is -1.58. The average molecular weight is 254 g/mol. The van der Waals surface area contributed by atoms with Crippen molar-refractivity contribution in [3.8, 4) is 23.0 Å². The van der Waals surface area contributed by atoms with Gasteiger partial charge in [-0.15, -0.1) is 0 Å². The van der Waals surface area contributed by atoms with Crippen LogP contribution in [0.1, 0.15) is 27.7 Å². The second kappa shape index (κ2) is 7.69. The summed E-state index contributed by atoms with van der Waals surface area (Å²) in [5.41, 5.74) is 0. The predicted molar refractivity (Wildman–Crippen MR) is 71.1 cm³/mol. The van der Waals surface area contributed by atoms with Crippen molar-refractivity contribution < 1.29 is 18.9 Å². The van der Waals surface area contributed by atoms with Crippen LogP contribution in [-0.2, 0) is 0 Å². The van der Waals surface area contributed by atoms with E-state index < -0.39 is 0 Å². The Balaban J connectivity index is 3.15. The summed E-state index contributed by atoms with van der Waals surface area (Å²) in [4.78, 5) is 0. The lowest BCUT2D eigenvalue weighted by molar-refractivity contribution is 0.256. The van der Waals surface area contributed by atoms with Gasteiger partial charge in [0.15, 0.2) is 11.5 Å². The molecule has 0 heterocycles. The Kier molecular flexibility index (Phi) is 6.19. The molecular weight excluding hydrogens is 232 g/mol. The fourth-order valence-corrected chi connectivity index (χ4v) is 1.61. The summed E-state index contributed by atoms with van der Waals surface area (Å²) in [6.07, 6.45) is 0. The Bertz CT molecular complexity index is 336. The molecule has 0 fully saturated rings. The van der Waals surface area contributed by atoms with Crippen molar-refractivity contribution in [1.29, 1.82) is 0 Å². The summed E-state index contributed by atoms with van der Waals surface area (Å²) >= 11 is 0. The van der Waals surface area contributed by atoms with Gasteiger partial charge in [0.05, 0.1) is 26.4 Å². The molecule has 0 aliphatic heterocycles. The lowest BCUT2D eigenvalue weighted by atomic mass is 10.2. The quantitative estimate of drug-likeness (QED) is 0.713. The van der Waals surface area contributed by atoms with E-state index in [0.29, 0.717) is 43.7 Å². The van der Waals surface area contributed by atoms with E-state index in [1.807, 2.05) is 39.8 Å². The molecule has 0 aliphatic carbocycles. The van der Waals surface area contributed by atoms with Gasteiger partial charge in [0.25, 0.3) is 0 Å². The van der Waals surface area contributed by atoms with Crippen molar-refractivity contribution >= 4 is 0 Å². The molecule has 0 aliphatic rings. The maximum absolute atomic E-state index is 5.60. The molecule has 1 aromatic carbocycles. The summed E-state index contributed by atoms with van der Waals surface area (Å²) < 4.78 is 22.3. The zero-order chi connectivity index (χ0) is 13.4. The minimum absolute atomic E-state index is 0.564. The smallest absolute Gasteiger partial charge is 0.203 e. The second-order valence-corrected chi connectivity index (χ2v) is 3.48. The molecule has 0 radical (unpaired) electrons. The first-order valence-electron chi connectivity index (χ1n) is 6.45. The van der Waals surface area contributed by atoms with E-state index in [9.17, 15) is 0 Å². The largest absolute Gasteiger partial charge is 0.494 e. The zero-order valence-corrected chi connectivity index (χ0v) is 11.6. The normalized spacial score (nSPS) is 10.0.